The Balaban J connectivity index is 1.46. The summed E-state index contributed by atoms with van der Waals surface area (Å²) in [6.45, 7) is 0.219. The molecule has 0 spiro atoms. The lowest BCUT2D eigenvalue weighted by Gasteiger charge is -2.26. The molecule has 1 aliphatic heterocycles. The van der Waals surface area contributed by atoms with Gasteiger partial charge in [0.15, 0.2) is 11.5 Å². The number of nitrogens with zero attached hydrogens (tertiary/aromatic N) is 4. The van der Waals surface area contributed by atoms with Crippen LogP contribution in [0.25, 0.3) is 5.65 Å². The second kappa shape index (κ2) is 6.88. The zero-order valence-electron chi connectivity index (χ0n) is 16.2. The molecule has 152 valence electrons. The van der Waals surface area contributed by atoms with E-state index in [-0.39, 0.29) is 18.3 Å². The normalized spacial score (nSPS) is 14.6. The summed E-state index contributed by atoms with van der Waals surface area (Å²) in [6.07, 6.45) is 3.18. The number of fused-ring (bicyclic) bond motifs is 4. The second-order valence-electron chi connectivity index (χ2n) is 7.13. The molecule has 1 unspecified atom stereocenters. The van der Waals surface area contributed by atoms with Gasteiger partial charge in [0.1, 0.15) is 35.9 Å². The van der Waals surface area contributed by atoms with Crippen LogP contribution in [-0.4, -0.2) is 24.7 Å². The van der Waals surface area contributed by atoms with Crippen LogP contribution in [0.1, 0.15) is 28.6 Å². The summed E-state index contributed by atoms with van der Waals surface area (Å²) < 4.78 is 19.2. The summed E-state index contributed by atoms with van der Waals surface area (Å²) in [5, 5.41) is 14.4. The van der Waals surface area contributed by atoms with Gasteiger partial charge in [0.25, 0.3) is 0 Å². The fourth-order valence-corrected chi connectivity index (χ4v) is 3.82. The fraction of sp³-hybridized carbons (Fsp3) is 0.0870. The number of furan rings is 1. The van der Waals surface area contributed by atoms with Crippen LogP contribution in [-0.2, 0) is 6.61 Å². The van der Waals surface area contributed by atoms with Crippen molar-refractivity contribution in [1.29, 1.82) is 0 Å². The molecule has 8 nitrogen and oxygen atoms in total. The lowest BCUT2D eigenvalue weighted by molar-refractivity contribution is 0.296. The van der Waals surface area contributed by atoms with E-state index in [0.29, 0.717) is 23.1 Å². The van der Waals surface area contributed by atoms with Crippen molar-refractivity contribution >= 4 is 5.65 Å². The van der Waals surface area contributed by atoms with Crippen LogP contribution in [0.5, 0.6) is 23.1 Å². The number of benzene rings is 2. The van der Waals surface area contributed by atoms with Gasteiger partial charge >= 0.3 is 0 Å². The molecule has 1 aliphatic rings. The Labute approximate surface area is 176 Å². The minimum Gasteiger partial charge on any atom is -0.508 e. The lowest BCUT2D eigenvalue weighted by atomic mass is 9.87. The highest BCUT2D eigenvalue weighted by atomic mass is 16.5. The number of aromatic hydroxyl groups is 1. The first-order valence-electron chi connectivity index (χ1n) is 9.72. The van der Waals surface area contributed by atoms with Gasteiger partial charge in [0.05, 0.1) is 17.7 Å². The number of para-hydroxylation sites is 1. The Kier molecular flexibility index (Phi) is 3.89. The molecule has 0 saturated heterocycles. The van der Waals surface area contributed by atoms with Gasteiger partial charge in [-0.2, -0.15) is 0 Å². The molecule has 1 N–H and O–H groups in total. The van der Waals surface area contributed by atoms with Gasteiger partial charge in [-0.1, -0.05) is 24.3 Å². The van der Waals surface area contributed by atoms with E-state index in [9.17, 15) is 5.11 Å². The number of aromatic nitrogens is 4. The van der Waals surface area contributed by atoms with Crippen LogP contribution in [0.4, 0.5) is 0 Å². The quantitative estimate of drug-likeness (QED) is 0.461. The average Bonchev–Trinajstić information content (AvgIpc) is 3.46. The molecule has 1 atom stereocenters. The molecule has 0 amide bonds. The lowest BCUT2D eigenvalue weighted by Crippen LogP contribution is -2.14. The summed E-state index contributed by atoms with van der Waals surface area (Å²) in [7, 11) is 0. The van der Waals surface area contributed by atoms with Crippen molar-refractivity contribution in [1.82, 2.24) is 19.6 Å². The fourth-order valence-electron chi connectivity index (χ4n) is 3.82. The number of rotatable bonds is 4. The first-order chi connectivity index (χ1) is 15.3. The number of phenolic OH excluding ortho intramolecular Hbond substituents is 1. The van der Waals surface area contributed by atoms with E-state index in [1.54, 1.807) is 29.2 Å². The van der Waals surface area contributed by atoms with Crippen molar-refractivity contribution < 1.29 is 19.0 Å². The van der Waals surface area contributed by atoms with Crippen molar-refractivity contribution in [3.8, 4) is 23.1 Å². The average molecular weight is 412 g/mol. The highest BCUT2D eigenvalue weighted by Gasteiger charge is 2.35. The molecule has 0 saturated carbocycles. The van der Waals surface area contributed by atoms with Gasteiger partial charge < -0.3 is 19.0 Å². The van der Waals surface area contributed by atoms with Crippen molar-refractivity contribution in [3.05, 3.63) is 96.0 Å². The minimum atomic E-state index is -0.308. The van der Waals surface area contributed by atoms with Crippen LogP contribution < -0.4 is 9.47 Å². The van der Waals surface area contributed by atoms with Crippen LogP contribution in [0.2, 0.25) is 0 Å². The third-order valence-electron chi connectivity index (χ3n) is 5.17. The van der Waals surface area contributed by atoms with Gasteiger partial charge in [0, 0.05) is 11.6 Å². The second-order valence-corrected chi connectivity index (χ2v) is 7.13. The number of hydrogen-bond acceptors (Lipinski definition) is 7. The van der Waals surface area contributed by atoms with E-state index in [2.05, 4.69) is 10.1 Å². The summed E-state index contributed by atoms with van der Waals surface area (Å²) in [6, 6.07) is 18.3. The largest absolute Gasteiger partial charge is 0.508 e. The first kappa shape index (κ1) is 17.5. The summed E-state index contributed by atoms with van der Waals surface area (Å²) in [4.78, 5) is 9.15. The maximum Gasteiger partial charge on any atom is 0.228 e. The van der Waals surface area contributed by atoms with Crippen LogP contribution in [0, 0.1) is 0 Å². The van der Waals surface area contributed by atoms with Gasteiger partial charge in [0.2, 0.25) is 5.88 Å². The Morgan fingerprint density at radius 1 is 1.06 bits per heavy atom. The number of ether oxygens (including phenoxy) is 2. The molecule has 3 aromatic heterocycles. The van der Waals surface area contributed by atoms with Crippen LogP contribution >= 0.6 is 0 Å². The zero-order chi connectivity index (χ0) is 20.8. The smallest absolute Gasteiger partial charge is 0.228 e. The van der Waals surface area contributed by atoms with Crippen molar-refractivity contribution in [2.75, 3.05) is 0 Å². The van der Waals surface area contributed by atoms with Gasteiger partial charge in [-0.05, 0) is 30.3 Å². The molecule has 0 radical (unpaired) electrons. The van der Waals surface area contributed by atoms with E-state index in [1.807, 2.05) is 48.5 Å². The third-order valence-corrected chi connectivity index (χ3v) is 5.17. The molecule has 0 bridgehead atoms. The topological polar surface area (TPSA) is 94.9 Å². The molecule has 0 fully saturated rings. The third kappa shape index (κ3) is 2.96. The van der Waals surface area contributed by atoms with Gasteiger partial charge in [-0.3, -0.25) is 0 Å². The highest BCUT2D eigenvalue weighted by Crippen LogP contribution is 2.48. The zero-order valence-corrected chi connectivity index (χ0v) is 16.2. The molecule has 2 aromatic carbocycles. The van der Waals surface area contributed by atoms with Crippen LogP contribution in [0.15, 0.2) is 77.7 Å². The van der Waals surface area contributed by atoms with E-state index in [0.717, 1.165) is 22.6 Å². The van der Waals surface area contributed by atoms with E-state index < -0.39 is 0 Å². The summed E-state index contributed by atoms with van der Waals surface area (Å²) >= 11 is 0. The van der Waals surface area contributed by atoms with Crippen LogP contribution in [0.3, 0.4) is 0 Å². The maximum atomic E-state index is 9.92. The first-order valence-corrected chi connectivity index (χ1v) is 9.72. The van der Waals surface area contributed by atoms with Crippen molar-refractivity contribution in [3.63, 3.8) is 0 Å². The SMILES string of the molecule is Oc1ccc2c(c1)Oc1ncn3nc(COc4ccccc4)nc3c1C2c1ccco1. The molecule has 5 aromatic rings. The number of phenols is 1. The highest BCUT2D eigenvalue weighted by molar-refractivity contribution is 5.65. The minimum absolute atomic E-state index is 0.115. The monoisotopic (exact) mass is 412 g/mol. The molecule has 31 heavy (non-hydrogen) atoms. The number of hydrogen-bond donors (Lipinski definition) is 1. The van der Waals surface area contributed by atoms with Gasteiger partial charge in [-0.15, -0.1) is 5.10 Å². The van der Waals surface area contributed by atoms with Gasteiger partial charge in [-0.25, -0.2) is 14.5 Å². The molecule has 4 heterocycles. The Hall–Kier alpha value is -4.33. The van der Waals surface area contributed by atoms with E-state index >= 15 is 0 Å². The summed E-state index contributed by atoms with van der Waals surface area (Å²) in [5.74, 6) is 2.71. The molecular formula is C23H16N4O4. The van der Waals surface area contributed by atoms with E-state index in [1.165, 1.54) is 0 Å². The van der Waals surface area contributed by atoms with E-state index in [4.69, 9.17) is 18.9 Å². The Morgan fingerprint density at radius 2 is 1.97 bits per heavy atom. The van der Waals surface area contributed by atoms with Crippen molar-refractivity contribution in [2.45, 2.75) is 12.5 Å². The van der Waals surface area contributed by atoms with Crippen molar-refractivity contribution in [2.24, 2.45) is 0 Å². The Bertz CT molecular complexity index is 1380. The molecule has 8 heteroatoms. The standard InChI is InChI=1S/C23H16N4O4/c28-14-8-9-16-18(11-14)31-23-21(20(16)17-7-4-10-29-17)22-25-19(26-27(22)13-24-23)12-30-15-5-2-1-3-6-15/h1-11,13,20,28H,12H2. The summed E-state index contributed by atoms with van der Waals surface area (Å²) in [5.41, 5.74) is 2.20. The molecule has 6 rings (SSSR count). The molecule has 0 aliphatic carbocycles. The Morgan fingerprint density at radius 3 is 2.81 bits per heavy atom. The molecular weight excluding hydrogens is 396 g/mol. The maximum absolute atomic E-state index is 9.92. The predicted octanol–water partition coefficient (Wildman–Crippen LogP) is 4.29. The predicted molar refractivity (Wildman–Crippen MR) is 109 cm³/mol.